The van der Waals surface area contributed by atoms with Gasteiger partial charge in [0.15, 0.2) is 5.96 Å². The molecule has 2 aromatic heterocycles. The van der Waals surface area contributed by atoms with Crippen molar-refractivity contribution >= 4 is 34.1 Å². The maximum absolute atomic E-state index is 12.0. The van der Waals surface area contributed by atoms with Gasteiger partial charge in [-0.15, -0.1) is 11.3 Å². The largest absolute Gasteiger partial charge is 0.361 e. The molecule has 4 N–H and O–H groups in total. The number of guanidine groups is 1. The first-order valence-electron chi connectivity index (χ1n) is 8.87. The molecule has 0 unspecified atom stereocenters. The Morgan fingerprint density at radius 1 is 1.19 bits per heavy atom. The molecule has 0 aliphatic heterocycles. The van der Waals surface area contributed by atoms with Gasteiger partial charge in [-0.3, -0.25) is 9.79 Å². The predicted molar refractivity (Wildman–Crippen MR) is 111 cm³/mol. The number of hydrogen-bond acceptors (Lipinski definition) is 4. The normalized spacial score (nSPS) is 11.6. The van der Waals surface area contributed by atoms with E-state index < -0.39 is 0 Å². The molecule has 0 atom stereocenters. The number of carbonyl (C=O) groups is 1. The molecule has 1 amide bonds. The fourth-order valence-corrected chi connectivity index (χ4v) is 3.55. The second-order valence-electron chi connectivity index (χ2n) is 6.06. The van der Waals surface area contributed by atoms with Gasteiger partial charge >= 0.3 is 0 Å². The zero-order valence-electron chi connectivity index (χ0n) is 15.5. The molecule has 0 aliphatic carbocycles. The quantitative estimate of drug-likeness (QED) is 0.285. The van der Waals surface area contributed by atoms with Crippen LogP contribution in [0.25, 0.3) is 10.9 Å². The van der Waals surface area contributed by atoms with Gasteiger partial charge in [-0.05, 0) is 25.0 Å². The van der Waals surface area contributed by atoms with Crippen molar-refractivity contribution < 1.29 is 4.79 Å². The van der Waals surface area contributed by atoms with Crippen LogP contribution in [0.1, 0.15) is 20.9 Å². The van der Waals surface area contributed by atoms with Crippen LogP contribution < -0.4 is 16.0 Å². The molecule has 0 radical (unpaired) electrons. The minimum Gasteiger partial charge on any atom is -0.361 e. The van der Waals surface area contributed by atoms with E-state index in [0.717, 1.165) is 30.1 Å². The van der Waals surface area contributed by atoms with E-state index >= 15 is 0 Å². The Labute approximate surface area is 162 Å². The maximum Gasteiger partial charge on any atom is 0.263 e. The van der Waals surface area contributed by atoms with Gasteiger partial charge in [0.2, 0.25) is 0 Å². The summed E-state index contributed by atoms with van der Waals surface area (Å²) in [4.78, 5) is 24.3. The number of amides is 1. The topological polar surface area (TPSA) is 94.2 Å². The second-order valence-corrected chi connectivity index (χ2v) is 6.91. The highest BCUT2D eigenvalue weighted by atomic mass is 32.1. The highest BCUT2D eigenvalue weighted by molar-refractivity contribution is 7.11. The standard InChI is InChI=1S/C19H24N6OS/c1-13-17(27-12-25-13)18(26)21-9-10-23-19(20-2)22-8-7-14-11-24-16-6-4-3-5-15(14)16/h3-6,11-12,24H,7-10H2,1-2H3,(H,21,26)(H2,20,22,23). The van der Waals surface area contributed by atoms with Gasteiger partial charge in [0.25, 0.3) is 5.91 Å². The number of aromatic amines is 1. The minimum absolute atomic E-state index is 0.0842. The summed E-state index contributed by atoms with van der Waals surface area (Å²) >= 11 is 1.35. The van der Waals surface area contributed by atoms with Crippen molar-refractivity contribution in [2.24, 2.45) is 4.99 Å². The molecule has 2 heterocycles. The van der Waals surface area contributed by atoms with Gasteiger partial charge in [0.1, 0.15) is 4.88 Å². The summed E-state index contributed by atoms with van der Waals surface area (Å²) in [6.45, 7) is 3.72. The fourth-order valence-electron chi connectivity index (χ4n) is 2.83. The third-order valence-corrected chi connectivity index (χ3v) is 5.17. The Balaban J connectivity index is 1.38. The Morgan fingerprint density at radius 3 is 2.74 bits per heavy atom. The van der Waals surface area contributed by atoms with Crippen LogP contribution in [0.15, 0.2) is 41.0 Å². The molecule has 3 aromatic rings. The minimum atomic E-state index is -0.0842. The number of hydrogen-bond donors (Lipinski definition) is 4. The number of H-pyrrole nitrogens is 1. The van der Waals surface area contributed by atoms with E-state index in [1.165, 1.54) is 22.3 Å². The molecular weight excluding hydrogens is 360 g/mol. The van der Waals surface area contributed by atoms with Crippen LogP contribution >= 0.6 is 11.3 Å². The lowest BCUT2D eigenvalue weighted by atomic mass is 10.1. The Hall–Kier alpha value is -2.87. The predicted octanol–water partition coefficient (Wildman–Crippen LogP) is 2.07. The lowest BCUT2D eigenvalue weighted by molar-refractivity contribution is 0.0957. The summed E-state index contributed by atoms with van der Waals surface area (Å²) in [7, 11) is 1.74. The Kier molecular flexibility index (Phi) is 6.43. The van der Waals surface area contributed by atoms with Gasteiger partial charge in [-0.1, -0.05) is 18.2 Å². The molecule has 8 heteroatoms. The van der Waals surface area contributed by atoms with E-state index in [0.29, 0.717) is 18.0 Å². The van der Waals surface area contributed by atoms with Gasteiger partial charge < -0.3 is 20.9 Å². The summed E-state index contributed by atoms with van der Waals surface area (Å²) < 4.78 is 0. The van der Waals surface area contributed by atoms with Crippen molar-refractivity contribution in [3.05, 3.63) is 52.1 Å². The summed E-state index contributed by atoms with van der Waals surface area (Å²) in [6, 6.07) is 8.29. The van der Waals surface area contributed by atoms with Crippen molar-refractivity contribution in [1.82, 2.24) is 25.9 Å². The SMILES string of the molecule is CN=C(NCCNC(=O)c1scnc1C)NCCc1c[nH]c2ccccc12. The molecule has 0 aliphatic rings. The van der Waals surface area contributed by atoms with Crippen LogP contribution in [0, 0.1) is 6.92 Å². The van der Waals surface area contributed by atoms with Gasteiger partial charge in [0, 0.05) is 43.8 Å². The second kappa shape index (κ2) is 9.18. The zero-order valence-corrected chi connectivity index (χ0v) is 16.3. The molecule has 0 saturated heterocycles. The number of nitrogens with zero attached hydrogens (tertiary/aromatic N) is 2. The first-order chi connectivity index (χ1) is 13.2. The van der Waals surface area contributed by atoms with Crippen molar-refractivity contribution in [3.63, 3.8) is 0 Å². The fraction of sp³-hybridized carbons (Fsp3) is 0.316. The van der Waals surface area contributed by atoms with Crippen molar-refractivity contribution in [2.75, 3.05) is 26.7 Å². The lowest BCUT2D eigenvalue weighted by Crippen LogP contribution is -2.42. The van der Waals surface area contributed by atoms with Crippen molar-refractivity contribution in [2.45, 2.75) is 13.3 Å². The monoisotopic (exact) mass is 384 g/mol. The van der Waals surface area contributed by atoms with Crippen LogP contribution in [0.4, 0.5) is 0 Å². The van der Waals surface area contributed by atoms with Gasteiger partial charge in [-0.25, -0.2) is 4.98 Å². The zero-order chi connectivity index (χ0) is 19.1. The van der Waals surface area contributed by atoms with E-state index in [2.05, 4.69) is 55.3 Å². The average Bonchev–Trinajstić information content (AvgIpc) is 3.30. The number of aryl methyl sites for hydroxylation is 1. The van der Waals surface area contributed by atoms with Crippen LogP contribution in [-0.4, -0.2) is 48.5 Å². The molecule has 0 saturated carbocycles. The molecule has 7 nitrogen and oxygen atoms in total. The first-order valence-corrected chi connectivity index (χ1v) is 9.75. The van der Waals surface area contributed by atoms with Gasteiger partial charge in [0.05, 0.1) is 11.2 Å². The maximum atomic E-state index is 12.0. The van der Waals surface area contributed by atoms with Crippen LogP contribution in [-0.2, 0) is 6.42 Å². The van der Waals surface area contributed by atoms with Crippen LogP contribution in [0.3, 0.4) is 0 Å². The highest BCUT2D eigenvalue weighted by Gasteiger charge is 2.10. The molecule has 142 valence electrons. The third-order valence-electron chi connectivity index (χ3n) is 4.24. The summed E-state index contributed by atoms with van der Waals surface area (Å²) in [6.07, 6.45) is 2.95. The average molecular weight is 385 g/mol. The van der Waals surface area contributed by atoms with Crippen molar-refractivity contribution in [3.8, 4) is 0 Å². The first kappa shape index (κ1) is 18.9. The number of rotatable bonds is 7. The molecule has 3 rings (SSSR count). The summed E-state index contributed by atoms with van der Waals surface area (Å²) in [5, 5.41) is 10.6. The van der Waals surface area contributed by atoms with Crippen molar-refractivity contribution in [1.29, 1.82) is 0 Å². The number of thiazole rings is 1. The molecule has 1 aromatic carbocycles. The number of fused-ring (bicyclic) bond motifs is 1. The van der Waals surface area contributed by atoms with Crippen LogP contribution in [0.5, 0.6) is 0 Å². The molecule has 27 heavy (non-hydrogen) atoms. The number of nitrogens with one attached hydrogen (secondary N) is 4. The Bertz CT molecular complexity index is 929. The van der Waals surface area contributed by atoms with E-state index in [1.807, 2.05) is 13.0 Å². The number of aromatic nitrogens is 2. The molecule has 0 spiro atoms. The van der Waals surface area contributed by atoms with E-state index in [4.69, 9.17) is 0 Å². The van der Waals surface area contributed by atoms with Crippen LogP contribution in [0.2, 0.25) is 0 Å². The van der Waals surface area contributed by atoms with Gasteiger partial charge in [-0.2, -0.15) is 0 Å². The molecular formula is C19H24N6OS. The summed E-state index contributed by atoms with van der Waals surface area (Å²) in [5.41, 5.74) is 4.88. The number of aliphatic imine (C=N–C) groups is 1. The number of para-hydroxylation sites is 1. The Morgan fingerprint density at radius 2 is 1.96 bits per heavy atom. The number of benzene rings is 1. The van der Waals surface area contributed by atoms with E-state index in [-0.39, 0.29) is 5.91 Å². The molecule has 0 bridgehead atoms. The highest BCUT2D eigenvalue weighted by Crippen LogP contribution is 2.17. The third kappa shape index (κ3) is 4.85. The van der Waals surface area contributed by atoms with E-state index in [9.17, 15) is 4.79 Å². The number of carbonyl (C=O) groups excluding carboxylic acids is 1. The lowest BCUT2D eigenvalue weighted by Gasteiger charge is -2.12. The molecule has 0 fully saturated rings. The smallest absolute Gasteiger partial charge is 0.263 e. The van der Waals surface area contributed by atoms with E-state index in [1.54, 1.807) is 12.6 Å². The summed E-state index contributed by atoms with van der Waals surface area (Å²) in [5.74, 6) is 0.636.